The van der Waals surface area contributed by atoms with Crippen LogP contribution in [-0.2, 0) is 0 Å². The van der Waals surface area contributed by atoms with Gasteiger partial charge in [-0.15, -0.1) is 0 Å². The molecule has 5 nitrogen and oxygen atoms in total. The summed E-state index contributed by atoms with van der Waals surface area (Å²) in [6, 6.07) is 0. The second-order valence-corrected chi connectivity index (χ2v) is 5.88. The maximum atomic E-state index is 10.7. The van der Waals surface area contributed by atoms with E-state index in [-0.39, 0.29) is 5.69 Å². The smallest absolute Gasteiger partial charge is 0.356 e. The van der Waals surface area contributed by atoms with Gasteiger partial charge in [0.25, 0.3) is 0 Å². The van der Waals surface area contributed by atoms with E-state index in [0.717, 1.165) is 30.1 Å². The monoisotopic (exact) mass is 261 g/mol. The number of fused-ring (bicyclic) bond motifs is 2. The Balaban J connectivity index is 1.63. The van der Waals surface area contributed by atoms with Crippen molar-refractivity contribution in [2.45, 2.75) is 25.7 Å². The fraction of sp³-hybridized carbons (Fsp3) is 0.643. The first-order chi connectivity index (χ1) is 9.13. The summed E-state index contributed by atoms with van der Waals surface area (Å²) in [5.74, 6) is 2.33. The maximum Gasteiger partial charge on any atom is 0.356 e. The van der Waals surface area contributed by atoms with E-state index in [0.29, 0.717) is 0 Å². The summed E-state index contributed by atoms with van der Waals surface area (Å²) in [6.45, 7) is 1.00. The van der Waals surface area contributed by atoms with Gasteiger partial charge in [0.05, 0.1) is 12.4 Å². The summed E-state index contributed by atoms with van der Waals surface area (Å²) in [5, 5.41) is 8.80. The molecule has 2 saturated carbocycles. The van der Waals surface area contributed by atoms with Gasteiger partial charge in [0.1, 0.15) is 5.82 Å². The minimum absolute atomic E-state index is 0.00271. The van der Waals surface area contributed by atoms with Crippen LogP contribution in [0.1, 0.15) is 36.2 Å². The van der Waals surface area contributed by atoms with Crippen molar-refractivity contribution in [2.24, 2.45) is 17.8 Å². The van der Waals surface area contributed by atoms with Gasteiger partial charge in [-0.1, -0.05) is 6.42 Å². The Kier molecular flexibility index (Phi) is 3.12. The summed E-state index contributed by atoms with van der Waals surface area (Å²) in [7, 11) is 2.01. The zero-order valence-electron chi connectivity index (χ0n) is 11.1. The molecular weight excluding hydrogens is 242 g/mol. The second kappa shape index (κ2) is 4.79. The normalized spacial score (nSPS) is 28.6. The quantitative estimate of drug-likeness (QED) is 0.898. The Morgan fingerprint density at radius 1 is 1.37 bits per heavy atom. The summed E-state index contributed by atoms with van der Waals surface area (Å²) in [5.41, 5.74) is -0.00271. The molecule has 3 atom stereocenters. The third-order valence-corrected chi connectivity index (χ3v) is 4.64. The predicted molar refractivity (Wildman–Crippen MR) is 71.2 cm³/mol. The van der Waals surface area contributed by atoms with Crippen LogP contribution in [0.15, 0.2) is 12.4 Å². The highest BCUT2D eigenvalue weighted by Crippen LogP contribution is 2.48. The van der Waals surface area contributed by atoms with E-state index in [1.54, 1.807) is 6.20 Å². The molecule has 0 aromatic carbocycles. The Hall–Kier alpha value is -1.65. The van der Waals surface area contributed by atoms with Crippen molar-refractivity contribution >= 4 is 11.8 Å². The minimum atomic E-state index is -1.03. The Morgan fingerprint density at radius 2 is 2.21 bits per heavy atom. The topological polar surface area (TPSA) is 66.3 Å². The SMILES string of the molecule is CN(CC1CC2CCC1C2)c1cnc(C(=O)O)cn1. The van der Waals surface area contributed by atoms with Crippen LogP contribution in [0.4, 0.5) is 5.82 Å². The van der Waals surface area contributed by atoms with Crippen molar-refractivity contribution in [3.63, 3.8) is 0 Å². The highest BCUT2D eigenvalue weighted by Gasteiger charge is 2.39. The molecule has 1 heterocycles. The van der Waals surface area contributed by atoms with Gasteiger partial charge in [0, 0.05) is 13.6 Å². The van der Waals surface area contributed by atoms with E-state index in [1.165, 1.54) is 31.9 Å². The fourth-order valence-electron chi connectivity index (χ4n) is 3.67. The van der Waals surface area contributed by atoms with Crippen molar-refractivity contribution in [1.29, 1.82) is 0 Å². The average molecular weight is 261 g/mol. The van der Waals surface area contributed by atoms with E-state index in [9.17, 15) is 4.79 Å². The average Bonchev–Trinajstić information content (AvgIpc) is 3.01. The van der Waals surface area contributed by atoms with Gasteiger partial charge in [-0.2, -0.15) is 0 Å². The van der Waals surface area contributed by atoms with Gasteiger partial charge in [0.15, 0.2) is 5.69 Å². The molecule has 19 heavy (non-hydrogen) atoms. The van der Waals surface area contributed by atoms with Crippen molar-refractivity contribution in [3.8, 4) is 0 Å². The van der Waals surface area contributed by atoms with Gasteiger partial charge < -0.3 is 10.0 Å². The molecule has 0 amide bonds. The Morgan fingerprint density at radius 3 is 2.74 bits per heavy atom. The van der Waals surface area contributed by atoms with Crippen molar-refractivity contribution < 1.29 is 9.90 Å². The third-order valence-electron chi connectivity index (χ3n) is 4.64. The molecule has 0 radical (unpaired) electrons. The van der Waals surface area contributed by atoms with Crippen LogP contribution in [0.25, 0.3) is 0 Å². The molecule has 2 fully saturated rings. The highest BCUT2D eigenvalue weighted by atomic mass is 16.4. The number of aromatic carboxylic acids is 1. The lowest BCUT2D eigenvalue weighted by Gasteiger charge is -2.27. The summed E-state index contributed by atoms with van der Waals surface area (Å²) in [4.78, 5) is 20.9. The molecule has 0 aliphatic heterocycles. The molecule has 2 aliphatic rings. The summed E-state index contributed by atoms with van der Waals surface area (Å²) < 4.78 is 0. The Bertz CT molecular complexity index is 474. The van der Waals surface area contributed by atoms with Gasteiger partial charge in [0.2, 0.25) is 0 Å². The lowest BCUT2D eigenvalue weighted by atomic mass is 9.88. The molecule has 2 bridgehead atoms. The molecular formula is C14H19N3O2. The van der Waals surface area contributed by atoms with Crippen LogP contribution >= 0.6 is 0 Å². The number of carboxylic acids is 1. The van der Waals surface area contributed by atoms with Gasteiger partial charge >= 0.3 is 5.97 Å². The molecule has 5 heteroatoms. The number of hydrogen-bond donors (Lipinski definition) is 1. The van der Waals surface area contributed by atoms with E-state index in [2.05, 4.69) is 14.9 Å². The lowest BCUT2D eigenvalue weighted by molar-refractivity contribution is 0.0690. The lowest BCUT2D eigenvalue weighted by Crippen LogP contribution is -2.29. The third kappa shape index (κ3) is 2.41. The number of hydrogen-bond acceptors (Lipinski definition) is 4. The van der Waals surface area contributed by atoms with Crippen LogP contribution < -0.4 is 4.90 Å². The number of anilines is 1. The molecule has 0 saturated heterocycles. The molecule has 1 aromatic heterocycles. The summed E-state index contributed by atoms with van der Waals surface area (Å²) >= 11 is 0. The van der Waals surface area contributed by atoms with Crippen molar-refractivity contribution in [3.05, 3.63) is 18.1 Å². The van der Waals surface area contributed by atoms with E-state index >= 15 is 0 Å². The van der Waals surface area contributed by atoms with Gasteiger partial charge in [-0.3, -0.25) is 0 Å². The molecule has 1 N–H and O–H groups in total. The van der Waals surface area contributed by atoms with Crippen molar-refractivity contribution in [1.82, 2.24) is 9.97 Å². The zero-order valence-corrected chi connectivity index (χ0v) is 11.1. The fourth-order valence-corrected chi connectivity index (χ4v) is 3.67. The van der Waals surface area contributed by atoms with E-state index in [4.69, 9.17) is 5.11 Å². The van der Waals surface area contributed by atoms with Crippen molar-refractivity contribution in [2.75, 3.05) is 18.5 Å². The molecule has 1 aromatic rings. The first kappa shape index (κ1) is 12.4. The number of aromatic nitrogens is 2. The Labute approximate surface area is 112 Å². The van der Waals surface area contributed by atoms with Gasteiger partial charge in [-0.25, -0.2) is 14.8 Å². The van der Waals surface area contributed by atoms with Crippen LogP contribution in [0.2, 0.25) is 0 Å². The maximum absolute atomic E-state index is 10.7. The van der Waals surface area contributed by atoms with Gasteiger partial charge in [-0.05, 0) is 37.0 Å². The number of rotatable bonds is 4. The number of nitrogens with zero attached hydrogens (tertiary/aromatic N) is 3. The predicted octanol–water partition coefficient (Wildman–Crippen LogP) is 2.05. The minimum Gasteiger partial charge on any atom is -0.476 e. The van der Waals surface area contributed by atoms with E-state index < -0.39 is 5.97 Å². The van der Waals surface area contributed by atoms with Crippen LogP contribution in [0.3, 0.4) is 0 Å². The highest BCUT2D eigenvalue weighted by molar-refractivity contribution is 5.84. The second-order valence-electron chi connectivity index (χ2n) is 5.88. The molecule has 3 unspecified atom stereocenters. The number of carbonyl (C=O) groups is 1. The molecule has 3 rings (SSSR count). The molecule has 102 valence electrons. The largest absolute Gasteiger partial charge is 0.476 e. The first-order valence-electron chi connectivity index (χ1n) is 6.90. The number of carboxylic acid groups (broad SMARTS) is 1. The standard InChI is InChI=1S/C14H19N3O2/c1-17(8-11-5-9-2-3-10(11)4-9)13-7-15-12(6-16-13)14(18)19/h6-7,9-11H,2-5,8H2,1H3,(H,18,19). The van der Waals surface area contributed by atoms with E-state index in [1.807, 2.05) is 7.05 Å². The molecule has 2 aliphatic carbocycles. The zero-order chi connectivity index (χ0) is 13.4. The first-order valence-corrected chi connectivity index (χ1v) is 6.90. The molecule has 0 spiro atoms. The van der Waals surface area contributed by atoms with Crippen LogP contribution in [0.5, 0.6) is 0 Å². The summed E-state index contributed by atoms with van der Waals surface area (Å²) in [6.07, 6.45) is 8.42. The van der Waals surface area contributed by atoms with Crippen LogP contribution in [-0.4, -0.2) is 34.6 Å². The van der Waals surface area contributed by atoms with Crippen LogP contribution in [0, 0.1) is 17.8 Å².